The molecule has 5 rings (SSSR count). The summed E-state index contributed by atoms with van der Waals surface area (Å²) in [7, 11) is 2.04. The first-order valence-corrected chi connectivity index (χ1v) is 12.0. The van der Waals surface area contributed by atoms with Gasteiger partial charge in [0.1, 0.15) is 5.69 Å². The van der Waals surface area contributed by atoms with Crippen LogP contribution >= 0.6 is 0 Å². The molecule has 0 radical (unpaired) electrons. The number of fused-ring (bicyclic) bond motifs is 1. The maximum absolute atomic E-state index is 13.0. The molecule has 1 aromatic carbocycles. The summed E-state index contributed by atoms with van der Waals surface area (Å²) >= 11 is 0. The number of Topliss-reactive ketones (excluding diaryl/α,β-unsaturated/α-hetero) is 1. The summed E-state index contributed by atoms with van der Waals surface area (Å²) in [6, 6.07) is 9.27. The number of aryl methyl sites for hydroxylation is 3. The van der Waals surface area contributed by atoms with E-state index in [1.807, 2.05) is 18.0 Å². The first kappa shape index (κ1) is 23.5. The largest absolute Gasteiger partial charge is 0.438 e. The molecule has 36 heavy (non-hydrogen) atoms. The van der Waals surface area contributed by atoms with Crippen molar-refractivity contribution >= 4 is 22.6 Å². The summed E-state index contributed by atoms with van der Waals surface area (Å²) in [5.74, 6) is 0.416. The number of hydrogen-bond donors (Lipinski definition) is 0. The van der Waals surface area contributed by atoms with Gasteiger partial charge in [0.05, 0.1) is 17.3 Å². The van der Waals surface area contributed by atoms with Gasteiger partial charge in [0.2, 0.25) is 5.76 Å². The predicted octanol–water partition coefficient (Wildman–Crippen LogP) is 4.50. The predicted molar refractivity (Wildman–Crippen MR) is 134 cm³/mol. The Morgan fingerprint density at radius 3 is 2.64 bits per heavy atom. The number of nitriles is 1. The van der Waals surface area contributed by atoms with Gasteiger partial charge < -0.3 is 13.9 Å². The third-order valence-electron chi connectivity index (χ3n) is 7.24. The lowest BCUT2D eigenvalue weighted by molar-refractivity contribution is 0.0680. The minimum atomic E-state index is -0.110. The average Bonchev–Trinajstić information content (AvgIpc) is 3.48. The van der Waals surface area contributed by atoms with Gasteiger partial charge in [-0.05, 0) is 67.5 Å². The molecule has 0 saturated carbocycles. The quantitative estimate of drug-likeness (QED) is 0.389. The Morgan fingerprint density at radius 1 is 1.17 bits per heavy atom. The first-order chi connectivity index (χ1) is 17.4. The van der Waals surface area contributed by atoms with E-state index in [1.54, 1.807) is 19.1 Å². The van der Waals surface area contributed by atoms with Crippen molar-refractivity contribution in [2.75, 3.05) is 13.1 Å². The second kappa shape index (κ2) is 9.42. The summed E-state index contributed by atoms with van der Waals surface area (Å²) < 4.78 is 7.44. The number of oxazole rings is 1. The number of benzene rings is 1. The lowest BCUT2D eigenvalue weighted by atomic mass is 9.86. The molecule has 8 nitrogen and oxygen atoms in total. The van der Waals surface area contributed by atoms with Gasteiger partial charge >= 0.3 is 0 Å². The van der Waals surface area contributed by atoms with Crippen LogP contribution in [0.5, 0.6) is 0 Å². The molecular weight excluding hydrogens is 454 g/mol. The number of likely N-dealkylation sites (tertiary alicyclic amines) is 1. The van der Waals surface area contributed by atoms with Crippen molar-refractivity contribution in [1.29, 1.82) is 5.26 Å². The van der Waals surface area contributed by atoms with Gasteiger partial charge in [0, 0.05) is 49.9 Å². The van der Waals surface area contributed by atoms with Crippen molar-refractivity contribution < 1.29 is 14.0 Å². The molecule has 1 fully saturated rings. The molecule has 4 heterocycles. The highest BCUT2D eigenvalue weighted by atomic mass is 16.3. The van der Waals surface area contributed by atoms with Crippen molar-refractivity contribution in [3.8, 4) is 6.07 Å². The van der Waals surface area contributed by atoms with Gasteiger partial charge in [-0.25, -0.2) is 4.98 Å². The van der Waals surface area contributed by atoms with Gasteiger partial charge in [0.25, 0.3) is 5.91 Å². The standard InChI is InChI=1S/C28H27N5O3/c1-17-21(13-25(34)23-12-19(14-29)6-9-30-23)4-5-24-26(17)22(15-32(24)3)20-7-10-33(11-8-20)28(35)27-18(2)31-16-36-27/h4-6,9,12,15-16,20H,7-8,10-11,13H2,1-3H3. The van der Waals surface area contributed by atoms with E-state index in [0.717, 1.165) is 29.5 Å². The van der Waals surface area contributed by atoms with Crippen molar-refractivity contribution in [3.63, 3.8) is 0 Å². The molecule has 0 spiro atoms. The van der Waals surface area contributed by atoms with Gasteiger partial charge in [-0.2, -0.15) is 5.26 Å². The lowest BCUT2D eigenvalue weighted by Crippen LogP contribution is -2.38. The molecule has 8 heteroatoms. The van der Waals surface area contributed by atoms with Crippen LogP contribution in [0.15, 0.2) is 47.5 Å². The average molecular weight is 482 g/mol. The van der Waals surface area contributed by atoms with E-state index in [0.29, 0.717) is 41.7 Å². The third kappa shape index (κ3) is 4.17. The highest BCUT2D eigenvalue weighted by molar-refractivity contribution is 5.98. The van der Waals surface area contributed by atoms with E-state index < -0.39 is 0 Å². The van der Waals surface area contributed by atoms with E-state index >= 15 is 0 Å². The monoisotopic (exact) mass is 481 g/mol. The summed E-state index contributed by atoms with van der Waals surface area (Å²) in [6.45, 7) is 5.15. The second-order valence-corrected chi connectivity index (χ2v) is 9.41. The van der Waals surface area contributed by atoms with Gasteiger partial charge in [0.15, 0.2) is 12.2 Å². The zero-order valence-electron chi connectivity index (χ0n) is 20.6. The van der Waals surface area contributed by atoms with Gasteiger partial charge in [-0.15, -0.1) is 0 Å². The Hall–Kier alpha value is -4.25. The SMILES string of the molecule is Cc1ncoc1C(=O)N1CCC(c2cn(C)c3ccc(CC(=O)c4cc(C#N)ccn4)c(C)c23)CC1. The minimum absolute atomic E-state index is 0.104. The summed E-state index contributed by atoms with van der Waals surface area (Å²) in [5, 5.41) is 10.3. The Balaban J connectivity index is 1.39. The number of piperidine rings is 1. The maximum Gasteiger partial charge on any atom is 0.291 e. The zero-order chi connectivity index (χ0) is 25.4. The van der Waals surface area contributed by atoms with Crippen LogP contribution < -0.4 is 0 Å². The highest BCUT2D eigenvalue weighted by Gasteiger charge is 2.29. The molecular formula is C28H27N5O3. The van der Waals surface area contributed by atoms with Crippen LogP contribution in [0.2, 0.25) is 0 Å². The molecule has 0 aliphatic carbocycles. The van der Waals surface area contributed by atoms with Crippen molar-refractivity contribution in [1.82, 2.24) is 19.4 Å². The molecule has 0 atom stereocenters. The Labute approximate surface area is 209 Å². The fraction of sp³-hybridized carbons (Fsp3) is 0.321. The van der Waals surface area contributed by atoms with E-state index in [9.17, 15) is 9.59 Å². The zero-order valence-corrected chi connectivity index (χ0v) is 20.6. The number of rotatable bonds is 5. The van der Waals surface area contributed by atoms with Crippen LogP contribution in [-0.4, -0.2) is 44.2 Å². The van der Waals surface area contributed by atoms with Crippen LogP contribution in [0.1, 0.15) is 67.8 Å². The molecule has 182 valence electrons. The van der Waals surface area contributed by atoms with E-state index in [-0.39, 0.29) is 18.1 Å². The Bertz CT molecular complexity index is 1520. The first-order valence-electron chi connectivity index (χ1n) is 12.0. The number of pyridine rings is 1. The van der Waals surface area contributed by atoms with Crippen molar-refractivity contribution in [3.05, 3.63) is 82.5 Å². The van der Waals surface area contributed by atoms with Gasteiger partial charge in [-0.1, -0.05) is 6.07 Å². The molecule has 1 aliphatic heterocycles. The number of carbonyl (C=O) groups is 2. The van der Waals surface area contributed by atoms with E-state index in [4.69, 9.17) is 9.68 Å². The van der Waals surface area contributed by atoms with Gasteiger partial charge in [-0.3, -0.25) is 14.6 Å². The lowest BCUT2D eigenvalue weighted by Gasteiger charge is -2.31. The van der Waals surface area contributed by atoms with E-state index in [1.165, 1.54) is 23.5 Å². The molecule has 0 bridgehead atoms. The Kier molecular flexibility index (Phi) is 6.15. The number of nitrogens with zero attached hydrogens (tertiary/aromatic N) is 5. The number of hydrogen-bond acceptors (Lipinski definition) is 6. The molecule has 3 aromatic heterocycles. The summed E-state index contributed by atoms with van der Waals surface area (Å²) in [4.78, 5) is 35.8. The minimum Gasteiger partial charge on any atom is -0.438 e. The molecule has 4 aromatic rings. The molecule has 0 unspecified atom stereocenters. The number of amides is 1. The molecule has 1 amide bonds. The maximum atomic E-state index is 13.0. The normalized spacial score (nSPS) is 14.2. The van der Waals surface area contributed by atoms with Crippen molar-refractivity contribution in [2.24, 2.45) is 7.05 Å². The smallest absolute Gasteiger partial charge is 0.291 e. The number of carbonyl (C=O) groups excluding carboxylic acids is 2. The highest BCUT2D eigenvalue weighted by Crippen LogP contribution is 2.37. The second-order valence-electron chi connectivity index (χ2n) is 9.41. The van der Waals surface area contributed by atoms with Crippen LogP contribution in [0.3, 0.4) is 0 Å². The van der Waals surface area contributed by atoms with Crippen LogP contribution in [0.25, 0.3) is 10.9 Å². The summed E-state index contributed by atoms with van der Waals surface area (Å²) in [6.07, 6.45) is 6.92. The molecule has 1 saturated heterocycles. The Morgan fingerprint density at radius 2 is 1.94 bits per heavy atom. The van der Waals surface area contributed by atoms with Crippen LogP contribution in [0.4, 0.5) is 0 Å². The summed E-state index contributed by atoms with van der Waals surface area (Å²) in [5.41, 5.74) is 5.77. The molecule has 0 N–H and O–H groups in total. The van der Waals surface area contributed by atoms with Crippen LogP contribution in [-0.2, 0) is 13.5 Å². The van der Waals surface area contributed by atoms with E-state index in [2.05, 4.69) is 39.8 Å². The molecule has 1 aliphatic rings. The number of aromatic nitrogens is 3. The van der Waals surface area contributed by atoms with Crippen LogP contribution in [0, 0.1) is 25.2 Å². The third-order valence-corrected chi connectivity index (χ3v) is 7.24. The number of ketones is 1. The fourth-order valence-electron chi connectivity index (χ4n) is 5.20. The fourth-order valence-corrected chi connectivity index (χ4v) is 5.20. The topological polar surface area (TPSA) is 105 Å². The van der Waals surface area contributed by atoms with Crippen molar-refractivity contribution in [2.45, 2.75) is 39.0 Å².